The molecule has 0 unspecified atom stereocenters. The second-order valence-corrected chi connectivity index (χ2v) is 6.71. The SMILES string of the molecule is C=Nc1ccccc1C1=NCCCCCNNC(CNC(=O)c2ccccc2F)=N1. The molecule has 0 atom stereocenters. The van der Waals surface area contributed by atoms with Gasteiger partial charge in [0.15, 0.2) is 5.84 Å². The van der Waals surface area contributed by atoms with Crippen LogP contribution in [0.15, 0.2) is 63.5 Å². The van der Waals surface area contributed by atoms with Crippen LogP contribution in [-0.4, -0.2) is 43.9 Å². The number of para-hydroxylation sites is 1. The highest BCUT2D eigenvalue weighted by atomic mass is 19.1. The number of amidine groups is 2. The minimum atomic E-state index is -0.571. The minimum absolute atomic E-state index is 0.0159. The Morgan fingerprint density at radius 3 is 2.77 bits per heavy atom. The summed E-state index contributed by atoms with van der Waals surface area (Å²) in [6, 6.07) is 13.3. The standard InChI is InChI=1S/C22H25FN6O/c1-24-19-12-6-4-10-17(19)21-25-13-7-2-8-14-27-29-20(28-21)15-26-22(30)16-9-3-5-11-18(16)23/h3-6,9-12,27H,1-2,7-8,13-15H2,(H,26,30)(H,25,28,29). The van der Waals surface area contributed by atoms with Gasteiger partial charge >= 0.3 is 0 Å². The maximum Gasteiger partial charge on any atom is 0.254 e. The summed E-state index contributed by atoms with van der Waals surface area (Å²) in [5.41, 5.74) is 7.57. The van der Waals surface area contributed by atoms with Crippen LogP contribution in [0.2, 0.25) is 0 Å². The molecular weight excluding hydrogens is 383 g/mol. The van der Waals surface area contributed by atoms with Crippen molar-refractivity contribution in [1.29, 1.82) is 0 Å². The van der Waals surface area contributed by atoms with Crippen molar-refractivity contribution < 1.29 is 9.18 Å². The average molecular weight is 408 g/mol. The second kappa shape index (κ2) is 11.0. The minimum Gasteiger partial charge on any atom is -0.345 e. The molecule has 1 amide bonds. The van der Waals surface area contributed by atoms with E-state index in [-0.39, 0.29) is 12.1 Å². The summed E-state index contributed by atoms with van der Waals surface area (Å²) in [4.78, 5) is 25.7. The average Bonchev–Trinajstić information content (AvgIpc) is 2.82. The number of hydrogen-bond donors (Lipinski definition) is 3. The predicted octanol–water partition coefficient (Wildman–Crippen LogP) is 3.01. The Morgan fingerprint density at radius 2 is 1.93 bits per heavy atom. The molecule has 0 bridgehead atoms. The van der Waals surface area contributed by atoms with E-state index in [0.717, 1.165) is 31.4 Å². The number of hydrazine groups is 1. The molecule has 0 aromatic heterocycles. The fraction of sp³-hybridized carbons (Fsp3) is 0.273. The normalized spacial score (nSPS) is 15.1. The Labute approximate surface area is 175 Å². The lowest BCUT2D eigenvalue weighted by Gasteiger charge is -2.13. The zero-order valence-corrected chi connectivity index (χ0v) is 16.7. The number of halogens is 1. The van der Waals surface area contributed by atoms with Crippen molar-refractivity contribution in [2.45, 2.75) is 19.3 Å². The first-order chi connectivity index (χ1) is 14.7. The summed E-state index contributed by atoms with van der Waals surface area (Å²) in [5, 5.41) is 2.71. The van der Waals surface area contributed by atoms with Gasteiger partial charge in [0, 0.05) is 18.7 Å². The summed E-state index contributed by atoms with van der Waals surface area (Å²) in [7, 11) is 0. The molecule has 0 saturated heterocycles. The van der Waals surface area contributed by atoms with Gasteiger partial charge in [0.05, 0.1) is 17.8 Å². The van der Waals surface area contributed by atoms with Gasteiger partial charge in [-0.05, 0) is 43.8 Å². The van der Waals surface area contributed by atoms with Gasteiger partial charge in [0.1, 0.15) is 11.7 Å². The zero-order valence-electron chi connectivity index (χ0n) is 16.7. The molecule has 1 aliphatic rings. The van der Waals surface area contributed by atoms with Gasteiger partial charge in [0.2, 0.25) is 0 Å². The van der Waals surface area contributed by atoms with Crippen LogP contribution in [0.3, 0.4) is 0 Å². The van der Waals surface area contributed by atoms with Gasteiger partial charge in [-0.15, -0.1) is 0 Å². The lowest BCUT2D eigenvalue weighted by molar-refractivity contribution is 0.0955. The molecule has 7 nitrogen and oxygen atoms in total. The number of aliphatic imine (C=N–C) groups is 3. The Balaban J connectivity index is 1.85. The molecule has 1 heterocycles. The fourth-order valence-corrected chi connectivity index (χ4v) is 2.98. The van der Waals surface area contributed by atoms with Crippen molar-refractivity contribution in [3.05, 3.63) is 65.5 Å². The second-order valence-electron chi connectivity index (χ2n) is 6.71. The third kappa shape index (κ3) is 5.81. The van der Waals surface area contributed by atoms with Crippen molar-refractivity contribution in [3.8, 4) is 0 Å². The third-order valence-electron chi connectivity index (χ3n) is 4.55. The number of carbonyl (C=O) groups is 1. The topological polar surface area (TPSA) is 90.2 Å². The number of hydrogen-bond acceptors (Lipinski definition) is 6. The highest BCUT2D eigenvalue weighted by molar-refractivity contribution is 6.10. The van der Waals surface area contributed by atoms with Gasteiger partial charge in [0.25, 0.3) is 5.91 Å². The van der Waals surface area contributed by atoms with Crippen LogP contribution in [0, 0.1) is 5.82 Å². The molecule has 3 N–H and O–H groups in total. The predicted molar refractivity (Wildman–Crippen MR) is 118 cm³/mol. The molecule has 1 aliphatic heterocycles. The van der Waals surface area contributed by atoms with E-state index < -0.39 is 11.7 Å². The molecule has 0 radical (unpaired) electrons. The first-order valence-corrected chi connectivity index (χ1v) is 9.89. The van der Waals surface area contributed by atoms with Crippen LogP contribution < -0.4 is 16.2 Å². The van der Waals surface area contributed by atoms with Crippen molar-refractivity contribution in [3.63, 3.8) is 0 Å². The van der Waals surface area contributed by atoms with Crippen molar-refractivity contribution >= 4 is 30.0 Å². The van der Waals surface area contributed by atoms with Crippen LogP contribution in [0.5, 0.6) is 0 Å². The van der Waals surface area contributed by atoms with Crippen molar-refractivity contribution in [2.75, 3.05) is 19.6 Å². The highest BCUT2D eigenvalue weighted by Gasteiger charge is 2.14. The van der Waals surface area contributed by atoms with Crippen LogP contribution in [0.4, 0.5) is 10.1 Å². The lowest BCUT2D eigenvalue weighted by Crippen LogP contribution is -2.44. The zero-order chi connectivity index (χ0) is 21.2. The summed E-state index contributed by atoms with van der Waals surface area (Å²) in [5.74, 6) is -0.124. The highest BCUT2D eigenvalue weighted by Crippen LogP contribution is 2.20. The number of rotatable bonds is 5. The summed E-state index contributed by atoms with van der Waals surface area (Å²) in [6.07, 6.45) is 2.97. The number of benzene rings is 2. The lowest BCUT2D eigenvalue weighted by atomic mass is 10.1. The van der Waals surface area contributed by atoms with E-state index in [1.807, 2.05) is 24.3 Å². The van der Waals surface area contributed by atoms with Crippen LogP contribution in [-0.2, 0) is 0 Å². The maximum atomic E-state index is 13.9. The Bertz CT molecular complexity index is 956. The summed E-state index contributed by atoms with van der Waals surface area (Å²) >= 11 is 0. The van der Waals surface area contributed by atoms with Crippen molar-refractivity contribution in [2.24, 2.45) is 15.0 Å². The molecule has 0 spiro atoms. The molecular formula is C22H25FN6O. The summed E-state index contributed by atoms with van der Waals surface area (Å²) in [6.45, 7) is 5.08. The smallest absolute Gasteiger partial charge is 0.254 e. The molecule has 30 heavy (non-hydrogen) atoms. The Hall–Kier alpha value is -3.39. The largest absolute Gasteiger partial charge is 0.345 e. The fourth-order valence-electron chi connectivity index (χ4n) is 2.98. The van der Waals surface area contributed by atoms with E-state index in [2.05, 4.69) is 37.9 Å². The first kappa shape index (κ1) is 21.3. The van der Waals surface area contributed by atoms with Gasteiger partial charge in [-0.3, -0.25) is 14.8 Å². The van der Waals surface area contributed by atoms with Gasteiger partial charge in [-0.25, -0.2) is 14.8 Å². The quantitative estimate of drug-likeness (QED) is 0.665. The maximum absolute atomic E-state index is 13.9. The number of amides is 1. The van der Waals surface area contributed by atoms with E-state index in [0.29, 0.717) is 23.9 Å². The number of nitrogens with zero attached hydrogens (tertiary/aromatic N) is 3. The number of carbonyl (C=O) groups excluding carboxylic acids is 1. The molecule has 0 saturated carbocycles. The molecule has 2 aromatic rings. The van der Waals surface area contributed by atoms with E-state index in [9.17, 15) is 9.18 Å². The van der Waals surface area contributed by atoms with Gasteiger partial charge < -0.3 is 10.7 Å². The molecule has 3 rings (SSSR count). The van der Waals surface area contributed by atoms with Crippen molar-refractivity contribution in [1.82, 2.24) is 16.2 Å². The number of nitrogens with one attached hydrogen (secondary N) is 3. The monoisotopic (exact) mass is 408 g/mol. The van der Waals surface area contributed by atoms with Crippen LogP contribution >= 0.6 is 0 Å². The first-order valence-electron chi connectivity index (χ1n) is 9.89. The third-order valence-corrected chi connectivity index (χ3v) is 4.55. The van der Waals surface area contributed by atoms with E-state index in [1.165, 1.54) is 12.1 Å². The molecule has 0 aliphatic carbocycles. The Morgan fingerprint density at radius 1 is 1.13 bits per heavy atom. The summed E-state index contributed by atoms with van der Waals surface area (Å²) < 4.78 is 13.9. The van der Waals surface area contributed by atoms with Gasteiger partial charge in [-0.1, -0.05) is 30.7 Å². The molecule has 8 heteroatoms. The Kier molecular flexibility index (Phi) is 7.79. The van der Waals surface area contributed by atoms with Crippen LogP contribution in [0.25, 0.3) is 0 Å². The van der Waals surface area contributed by atoms with Crippen LogP contribution in [0.1, 0.15) is 35.2 Å². The van der Waals surface area contributed by atoms with E-state index in [1.54, 1.807) is 12.1 Å². The van der Waals surface area contributed by atoms with E-state index in [4.69, 9.17) is 0 Å². The van der Waals surface area contributed by atoms with E-state index >= 15 is 0 Å². The molecule has 2 aromatic carbocycles. The molecule has 0 fully saturated rings. The van der Waals surface area contributed by atoms with Gasteiger partial charge in [-0.2, -0.15) is 0 Å². The molecule has 156 valence electrons.